The summed E-state index contributed by atoms with van der Waals surface area (Å²) in [4.78, 5) is 39.8. The summed E-state index contributed by atoms with van der Waals surface area (Å²) >= 11 is 0. The van der Waals surface area contributed by atoms with Crippen molar-refractivity contribution in [3.8, 4) is 0 Å². The highest BCUT2D eigenvalue weighted by Gasteiger charge is 2.34. The number of rotatable bonds is 23. The Morgan fingerprint density at radius 2 is 1.24 bits per heavy atom. The summed E-state index contributed by atoms with van der Waals surface area (Å²) in [5.41, 5.74) is 14.9. The standard InChI is InChI=1S/C43H71N5O6/c1-39(2,23-44)27-52-29-41(5,6)25-46-36(49)18-20-43(9,21-19-37(50)47-26-42(7,8)30-53-28-40(3,4)24-45)48-38(51)54-22-35-33-16-12-10-14-31(33)32-15-11-13-17-34(32)35/h10,12-14,16-17,35H,11,15,18-30,44-45H2,1-9H3,(H,46,49)(H,47,50)(H,48,51). The van der Waals surface area contributed by atoms with Crippen molar-refractivity contribution in [2.24, 2.45) is 33.1 Å². The van der Waals surface area contributed by atoms with Crippen molar-refractivity contribution >= 4 is 23.5 Å². The van der Waals surface area contributed by atoms with Crippen molar-refractivity contribution in [1.82, 2.24) is 16.0 Å². The first-order valence-electron chi connectivity index (χ1n) is 19.7. The Labute approximate surface area is 325 Å². The van der Waals surface area contributed by atoms with Gasteiger partial charge in [-0.05, 0) is 68.0 Å². The Balaban J connectivity index is 1.60. The Morgan fingerprint density at radius 3 is 1.76 bits per heavy atom. The molecule has 3 rings (SSSR count). The number of ether oxygens (including phenoxy) is 3. The minimum Gasteiger partial charge on any atom is -0.449 e. The van der Waals surface area contributed by atoms with Gasteiger partial charge in [0.1, 0.15) is 6.61 Å². The van der Waals surface area contributed by atoms with E-state index in [4.69, 9.17) is 25.7 Å². The molecule has 54 heavy (non-hydrogen) atoms. The maximum atomic E-state index is 13.5. The van der Waals surface area contributed by atoms with Gasteiger partial charge in [0, 0.05) is 59.0 Å². The molecule has 7 N–H and O–H groups in total. The average molecular weight is 754 g/mol. The number of carbonyl (C=O) groups is 3. The topological polar surface area (TPSA) is 167 Å². The summed E-state index contributed by atoms with van der Waals surface area (Å²) in [7, 11) is 0. The Morgan fingerprint density at radius 1 is 0.741 bits per heavy atom. The number of benzene rings is 1. The number of carbonyl (C=O) groups excluding carboxylic acids is 3. The molecular weight excluding hydrogens is 683 g/mol. The quantitative estimate of drug-likeness (QED) is 0.0879. The predicted octanol–water partition coefficient (Wildman–Crippen LogP) is 6.22. The third-order valence-corrected chi connectivity index (χ3v) is 10.4. The van der Waals surface area contributed by atoms with Crippen molar-refractivity contribution in [1.29, 1.82) is 0 Å². The van der Waals surface area contributed by atoms with Gasteiger partial charge in [0.15, 0.2) is 0 Å². The zero-order valence-corrected chi connectivity index (χ0v) is 34.8. The van der Waals surface area contributed by atoms with Crippen LogP contribution < -0.4 is 27.4 Å². The van der Waals surface area contributed by atoms with Gasteiger partial charge in [-0.1, -0.05) is 91.8 Å². The first kappa shape index (κ1) is 45.1. The van der Waals surface area contributed by atoms with Crippen LogP contribution in [0.2, 0.25) is 0 Å². The number of hydrogen-bond acceptors (Lipinski definition) is 8. The lowest BCUT2D eigenvalue weighted by atomic mass is 9.89. The molecule has 2 aliphatic carbocycles. The van der Waals surface area contributed by atoms with Crippen LogP contribution in [0.5, 0.6) is 0 Å². The first-order chi connectivity index (χ1) is 25.2. The monoisotopic (exact) mass is 754 g/mol. The van der Waals surface area contributed by atoms with Crippen LogP contribution in [0.4, 0.5) is 4.79 Å². The Kier molecular flexibility index (Phi) is 16.4. The molecule has 0 spiro atoms. The molecule has 0 aromatic heterocycles. The van der Waals surface area contributed by atoms with E-state index in [0.717, 1.165) is 12.8 Å². The van der Waals surface area contributed by atoms with Crippen molar-refractivity contribution < 1.29 is 28.6 Å². The van der Waals surface area contributed by atoms with E-state index in [2.05, 4.69) is 67.9 Å². The smallest absolute Gasteiger partial charge is 0.407 e. The van der Waals surface area contributed by atoms with Gasteiger partial charge in [0.25, 0.3) is 0 Å². The van der Waals surface area contributed by atoms with Crippen LogP contribution in [0.1, 0.15) is 118 Å². The first-order valence-corrected chi connectivity index (χ1v) is 19.7. The molecule has 2 aliphatic rings. The lowest BCUT2D eigenvalue weighted by molar-refractivity contribution is -0.122. The second-order valence-electron chi connectivity index (χ2n) is 18.9. The summed E-state index contributed by atoms with van der Waals surface area (Å²) in [6.45, 7) is 22.4. The zero-order valence-electron chi connectivity index (χ0n) is 34.8. The van der Waals surface area contributed by atoms with Crippen molar-refractivity contribution in [2.75, 3.05) is 59.2 Å². The van der Waals surface area contributed by atoms with Gasteiger partial charge in [-0.25, -0.2) is 4.79 Å². The van der Waals surface area contributed by atoms with Crippen LogP contribution in [0, 0.1) is 21.7 Å². The summed E-state index contributed by atoms with van der Waals surface area (Å²) in [5.74, 6) is -0.312. The van der Waals surface area contributed by atoms with E-state index >= 15 is 0 Å². The molecule has 0 aliphatic heterocycles. The SMILES string of the molecule is CC(C)(CN)COCC(C)(C)CNC(=O)CCC(C)(CCC(=O)NCC(C)(C)COCC(C)(C)CN)NC(=O)OCC1C2=C(CCC=C2)c2ccccc21. The highest BCUT2D eigenvalue weighted by atomic mass is 16.5. The molecular formula is C43H71N5O6. The van der Waals surface area contributed by atoms with E-state index in [1.807, 2.05) is 46.8 Å². The molecule has 304 valence electrons. The molecule has 1 aromatic rings. The average Bonchev–Trinajstić information content (AvgIpc) is 3.44. The van der Waals surface area contributed by atoms with Gasteiger partial charge in [-0.3, -0.25) is 9.59 Å². The maximum absolute atomic E-state index is 13.5. The van der Waals surface area contributed by atoms with Gasteiger partial charge in [-0.15, -0.1) is 0 Å². The van der Waals surface area contributed by atoms with Crippen molar-refractivity contribution in [3.63, 3.8) is 0 Å². The second kappa shape index (κ2) is 19.6. The number of hydrogen-bond donors (Lipinski definition) is 5. The molecule has 0 saturated carbocycles. The van der Waals surface area contributed by atoms with Gasteiger partial charge < -0.3 is 41.6 Å². The third kappa shape index (κ3) is 14.8. The molecule has 11 nitrogen and oxygen atoms in total. The normalized spacial score (nSPS) is 16.2. The van der Waals surface area contributed by atoms with Gasteiger partial charge in [-0.2, -0.15) is 0 Å². The minimum absolute atomic E-state index is 0.0382. The Bertz CT molecular complexity index is 1430. The molecule has 0 radical (unpaired) electrons. The lowest BCUT2D eigenvalue weighted by Crippen LogP contribution is -2.48. The van der Waals surface area contributed by atoms with Crippen molar-refractivity contribution in [2.45, 2.75) is 112 Å². The fourth-order valence-corrected chi connectivity index (χ4v) is 6.47. The zero-order chi connectivity index (χ0) is 40.2. The van der Waals surface area contributed by atoms with E-state index < -0.39 is 11.6 Å². The number of alkyl carbamates (subject to hydrolysis) is 1. The minimum atomic E-state index is -0.882. The van der Waals surface area contributed by atoms with E-state index in [9.17, 15) is 14.4 Å². The van der Waals surface area contributed by atoms with Gasteiger partial charge >= 0.3 is 6.09 Å². The van der Waals surface area contributed by atoms with Crippen LogP contribution in [-0.2, 0) is 23.8 Å². The Hall–Kier alpha value is -3.25. The summed E-state index contributed by atoms with van der Waals surface area (Å²) in [6, 6.07) is 8.32. The van der Waals surface area contributed by atoms with Crippen molar-refractivity contribution in [3.05, 3.63) is 53.1 Å². The molecule has 3 amide bonds. The van der Waals surface area contributed by atoms with Crippen LogP contribution >= 0.6 is 0 Å². The number of allylic oxidation sites excluding steroid dienone is 3. The van der Waals surface area contributed by atoms with E-state index in [1.54, 1.807) is 0 Å². The lowest BCUT2D eigenvalue weighted by Gasteiger charge is -2.32. The molecule has 1 unspecified atom stereocenters. The van der Waals surface area contributed by atoms with E-state index in [0.29, 0.717) is 65.4 Å². The van der Waals surface area contributed by atoms with Crippen LogP contribution in [0.25, 0.3) is 5.57 Å². The van der Waals surface area contributed by atoms with Gasteiger partial charge in [0.05, 0.1) is 26.4 Å². The molecule has 1 aromatic carbocycles. The highest BCUT2D eigenvalue weighted by Crippen LogP contribution is 2.46. The highest BCUT2D eigenvalue weighted by molar-refractivity contribution is 5.82. The number of fused-ring (bicyclic) bond motifs is 2. The predicted molar refractivity (Wildman–Crippen MR) is 217 cm³/mol. The molecule has 0 bridgehead atoms. The number of nitrogens with one attached hydrogen (secondary N) is 3. The third-order valence-electron chi connectivity index (χ3n) is 10.4. The largest absolute Gasteiger partial charge is 0.449 e. The summed E-state index contributed by atoms with van der Waals surface area (Å²) < 4.78 is 17.8. The molecule has 1 atom stereocenters. The molecule has 0 heterocycles. The van der Waals surface area contributed by atoms with Gasteiger partial charge in [0.2, 0.25) is 11.8 Å². The maximum Gasteiger partial charge on any atom is 0.407 e. The number of nitrogens with two attached hydrogens (primary N) is 2. The second-order valence-corrected chi connectivity index (χ2v) is 18.9. The van der Waals surface area contributed by atoms with Crippen LogP contribution in [0.15, 0.2) is 42.0 Å². The molecule has 11 heteroatoms. The van der Waals surface area contributed by atoms with Crippen LogP contribution in [-0.4, -0.2) is 82.7 Å². The number of amides is 3. The fourth-order valence-electron chi connectivity index (χ4n) is 6.47. The molecule has 0 fully saturated rings. The fraction of sp³-hybridized carbons (Fsp3) is 0.698. The van der Waals surface area contributed by atoms with E-state index in [-0.39, 0.29) is 58.8 Å². The summed E-state index contributed by atoms with van der Waals surface area (Å²) in [6.07, 6.45) is 6.72. The van der Waals surface area contributed by atoms with Crippen LogP contribution in [0.3, 0.4) is 0 Å². The summed E-state index contributed by atoms with van der Waals surface area (Å²) in [5, 5.41) is 9.13. The van der Waals surface area contributed by atoms with E-state index in [1.165, 1.54) is 22.3 Å². The molecule has 0 saturated heterocycles.